The number of para-hydroxylation sites is 2. The fourth-order valence-corrected chi connectivity index (χ4v) is 10.5. The van der Waals surface area contributed by atoms with E-state index in [9.17, 15) is 0 Å². The Morgan fingerprint density at radius 2 is 0.567 bits per heavy atom. The largest absolute Gasteiger partial charge is 0.497 e. The van der Waals surface area contributed by atoms with Crippen molar-refractivity contribution in [2.75, 3.05) is 46.1 Å². The summed E-state index contributed by atoms with van der Waals surface area (Å²) in [5.41, 5.74) is 12.9. The van der Waals surface area contributed by atoms with Crippen LogP contribution in [0.3, 0.4) is 0 Å². The van der Waals surface area contributed by atoms with E-state index in [1.165, 1.54) is 55.0 Å². The van der Waals surface area contributed by atoms with Gasteiger partial charge < -0.3 is 20.1 Å². The number of rotatable bonds is 14. The van der Waals surface area contributed by atoms with Crippen LogP contribution in [0.5, 0.6) is 5.75 Å². The summed E-state index contributed by atoms with van der Waals surface area (Å²) >= 11 is 3.64. The average molecular weight is 1340 g/mol. The summed E-state index contributed by atoms with van der Waals surface area (Å²) in [5, 5.41) is 6.81. The molecule has 0 fully saturated rings. The highest BCUT2D eigenvalue weighted by Gasteiger charge is 2.13. The normalized spacial score (nSPS) is 9.20. The minimum absolute atomic E-state index is 0. The first kappa shape index (κ1) is 92.1. The Kier molecular flexibility index (Phi) is 55.3. The number of nitrogens with one attached hydrogen (secondary N) is 2. The number of thioether (sulfide) groups is 2. The Morgan fingerprint density at radius 3 is 0.784 bits per heavy atom. The first-order chi connectivity index (χ1) is 44.3. The minimum atomic E-state index is 0. The van der Waals surface area contributed by atoms with Crippen LogP contribution in [0, 0.1) is 6.92 Å². The number of hydrogen-bond donors (Lipinski definition) is 2. The van der Waals surface area contributed by atoms with Gasteiger partial charge in [0.2, 0.25) is 0 Å². The Morgan fingerprint density at radius 1 is 0.309 bits per heavy atom. The average Bonchev–Trinajstić information content (AvgIpc) is 1.53. The molecule has 0 saturated heterocycles. The molecule has 12 rings (SSSR count). The lowest BCUT2D eigenvalue weighted by Gasteiger charge is -2.16. The zero-order valence-corrected chi connectivity index (χ0v) is 55.2. The predicted octanol–water partition coefficient (Wildman–Crippen LogP) is 26.7. The van der Waals surface area contributed by atoms with Gasteiger partial charge in [0, 0.05) is 30.7 Å². The molecular weight excluding hydrogens is 1220 g/mol. The van der Waals surface area contributed by atoms with Crippen LogP contribution in [0.1, 0.15) is 132 Å². The van der Waals surface area contributed by atoms with Crippen molar-refractivity contribution in [2.24, 2.45) is 0 Å². The third kappa shape index (κ3) is 36.5. The molecule has 0 saturated carbocycles. The lowest BCUT2D eigenvalue weighted by Crippen LogP contribution is -2.17. The molecule has 0 amide bonds. The number of benzene rings is 12. The molecule has 0 bridgehead atoms. The molecule has 6 heteroatoms. The van der Waals surface area contributed by atoms with E-state index >= 15 is 0 Å². The molecule has 0 aliphatic rings. The quantitative estimate of drug-likeness (QED) is 0.106. The summed E-state index contributed by atoms with van der Waals surface area (Å²) in [5.74, 6) is 1.39. The van der Waals surface area contributed by atoms with E-state index in [0.717, 1.165) is 11.4 Å². The highest BCUT2D eigenvalue weighted by molar-refractivity contribution is 7.99. The van der Waals surface area contributed by atoms with Crippen LogP contribution in [-0.4, -0.2) is 40.8 Å². The number of ether oxygens (including phenoxy) is 2. The fraction of sp³-hybridized carbons (Fsp3) is 0.209. The smallest absolute Gasteiger partial charge is 0.118 e. The Balaban J connectivity index is -0.00000105. The molecule has 4 nitrogen and oxygen atoms in total. The number of hydrogen-bond acceptors (Lipinski definition) is 6. The van der Waals surface area contributed by atoms with Crippen molar-refractivity contribution in [3.63, 3.8) is 0 Å². The van der Waals surface area contributed by atoms with Gasteiger partial charge in [-0.1, -0.05) is 392 Å². The van der Waals surface area contributed by atoms with Crippen molar-refractivity contribution in [3.05, 3.63) is 414 Å². The maximum Gasteiger partial charge on any atom is 0.118 e. The fourth-order valence-electron chi connectivity index (χ4n) is 9.19. The van der Waals surface area contributed by atoms with Gasteiger partial charge in [-0.2, -0.15) is 11.8 Å². The van der Waals surface area contributed by atoms with Gasteiger partial charge in [0.15, 0.2) is 0 Å². The van der Waals surface area contributed by atoms with Crippen LogP contribution < -0.4 is 15.4 Å². The number of aryl methyl sites for hydroxylation is 1. The molecule has 12 aromatic rings. The lowest BCUT2D eigenvalue weighted by molar-refractivity contribution is 0.136. The van der Waals surface area contributed by atoms with E-state index in [1.807, 2.05) is 171 Å². The molecule has 0 aliphatic carbocycles. The van der Waals surface area contributed by atoms with E-state index in [1.54, 1.807) is 26.0 Å². The van der Waals surface area contributed by atoms with E-state index < -0.39 is 0 Å². The molecule has 0 atom stereocenters. The van der Waals surface area contributed by atoms with Crippen LogP contribution in [0.4, 0.5) is 5.69 Å². The van der Waals surface area contributed by atoms with Crippen molar-refractivity contribution in [1.29, 1.82) is 0 Å². The Labute approximate surface area is 600 Å². The number of methoxy groups -OCH3 is 2. The summed E-state index contributed by atoms with van der Waals surface area (Å²) in [6.07, 6.45) is 4.27. The lowest BCUT2D eigenvalue weighted by atomic mass is 9.93. The van der Waals surface area contributed by atoms with Crippen LogP contribution in [0.2, 0.25) is 0 Å². The highest BCUT2D eigenvalue weighted by Crippen LogP contribution is 2.33. The van der Waals surface area contributed by atoms with Gasteiger partial charge in [-0.15, -0.1) is 11.8 Å². The van der Waals surface area contributed by atoms with Gasteiger partial charge in [-0.3, -0.25) is 0 Å². The molecule has 0 aromatic heterocycles. The van der Waals surface area contributed by atoms with Gasteiger partial charge in [0.25, 0.3) is 0 Å². The molecule has 12 aromatic carbocycles. The molecular formula is C91H118N2O2S2. The first-order valence-corrected chi connectivity index (χ1v) is 32.9. The molecule has 0 radical (unpaired) electrons. The molecule has 2 N–H and O–H groups in total. The summed E-state index contributed by atoms with van der Waals surface area (Å²) in [4.78, 5) is 1.33. The Hall–Kier alpha value is -9.14. The topological polar surface area (TPSA) is 42.5 Å². The van der Waals surface area contributed by atoms with Crippen molar-refractivity contribution in [2.45, 2.75) is 94.0 Å². The van der Waals surface area contributed by atoms with Gasteiger partial charge in [0.05, 0.1) is 18.4 Å². The van der Waals surface area contributed by atoms with Crippen molar-refractivity contribution < 1.29 is 9.47 Å². The molecule has 0 heterocycles. The standard InChI is InChI=1S/C14H15N.C14H14O.C14H14S.C14H14.C7H9N.C7H8O.C7H8S.C7H8.7CH4/c3*1-15-14(12-8-4-2-5-9-12)13-10-6-3-7-11-13;1-12(13-8-4-2-5-9-13)14-10-6-3-7-11-14;3*1-8-7-5-3-2-4-6-7;1-7-5-3-2-4-6-7;;;;;;;/h2-11,14-15H,1H3;2*2-11,14H,1H3;2-12H,1H3;2-6,8H,1H3;2*2-6H,1H3;2-6H,1H3;7*1H4. The summed E-state index contributed by atoms with van der Waals surface area (Å²) < 4.78 is 10.4. The highest BCUT2D eigenvalue weighted by atomic mass is 32.2. The van der Waals surface area contributed by atoms with E-state index in [-0.39, 0.29) is 64.1 Å². The zero-order valence-electron chi connectivity index (χ0n) is 53.6. The Bertz CT molecular complexity index is 3100. The minimum Gasteiger partial charge on any atom is -0.497 e. The molecule has 0 unspecified atom stereocenters. The van der Waals surface area contributed by atoms with Crippen LogP contribution in [-0.2, 0) is 4.74 Å². The molecule has 0 aliphatic heterocycles. The van der Waals surface area contributed by atoms with Crippen molar-refractivity contribution in [1.82, 2.24) is 5.32 Å². The monoisotopic (exact) mass is 1330 g/mol. The van der Waals surface area contributed by atoms with Crippen molar-refractivity contribution in [3.8, 4) is 5.75 Å². The summed E-state index contributed by atoms with van der Waals surface area (Å²) in [7, 11) is 7.31. The second-order valence-corrected chi connectivity index (χ2v) is 22.1. The van der Waals surface area contributed by atoms with Crippen LogP contribution >= 0.6 is 23.5 Å². The third-order valence-electron chi connectivity index (χ3n) is 14.0. The first-order valence-electron chi connectivity index (χ1n) is 30.4. The second kappa shape index (κ2) is 58.2. The SMILES string of the molecule is C.C.C.C.C.C.C.CC(c1ccccc1)c1ccccc1.CNC(c1ccccc1)c1ccccc1.CNc1ccccc1.COC(c1ccccc1)c1ccccc1.COc1ccccc1.CSC(c1ccccc1)c1ccccc1.CSc1ccccc1.Cc1ccccc1. The maximum atomic E-state index is 5.52. The van der Waals surface area contributed by atoms with Gasteiger partial charge in [-0.25, -0.2) is 0 Å². The molecule has 0 spiro atoms. The van der Waals surface area contributed by atoms with Crippen LogP contribution in [0.25, 0.3) is 0 Å². The van der Waals surface area contributed by atoms with E-state index in [2.05, 4.69) is 255 Å². The van der Waals surface area contributed by atoms with Crippen molar-refractivity contribution >= 4 is 29.2 Å². The number of anilines is 1. The second-order valence-electron chi connectivity index (χ2n) is 20.3. The molecule has 97 heavy (non-hydrogen) atoms. The third-order valence-corrected chi connectivity index (χ3v) is 15.8. The summed E-state index contributed by atoms with van der Waals surface area (Å²) in [6.45, 7) is 4.32. The van der Waals surface area contributed by atoms with Gasteiger partial charge >= 0.3 is 0 Å². The van der Waals surface area contributed by atoms with Gasteiger partial charge in [-0.05, 0) is 107 Å². The summed E-state index contributed by atoms with van der Waals surface area (Å²) in [6, 6.07) is 125. The van der Waals surface area contributed by atoms with E-state index in [0.29, 0.717) is 11.2 Å². The van der Waals surface area contributed by atoms with Gasteiger partial charge in [0.1, 0.15) is 11.9 Å². The van der Waals surface area contributed by atoms with Crippen LogP contribution in [0.15, 0.2) is 369 Å². The zero-order chi connectivity index (χ0) is 63.9. The van der Waals surface area contributed by atoms with E-state index in [4.69, 9.17) is 9.47 Å². The maximum absolute atomic E-state index is 5.52. The molecule has 516 valence electrons. The predicted molar refractivity (Wildman–Crippen MR) is 440 cm³/mol.